The smallest absolute Gasteiger partial charge is 0.262 e. The van der Waals surface area contributed by atoms with Crippen LogP contribution in [0.4, 0.5) is 5.69 Å². The van der Waals surface area contributed by atoms with Crippen molar-refractivity contribution in [2.75, 3.05) is 25.1 Å². The minimum Gasteiger partial charge on any atom is -0.486 e. The zero-order valence-electron chi connectivity index (χ0n) is 16.0. The van der Waals surface area contributed by atoms with Gasteiger partial charge in [-0.05, 0) is 12.1 Å². The van der Waals surface area contributed by atoms with Crippen molar-refractivity contribution in [2.24, 2.45) is 7.05 Å². The molecule has 3 heterocycles. The van der Waals surface area contributed by atoms with Gasteiger partial charge in [0.15, 0.2) is 23.3 Å². The molecule has 10 nitrogen and oxygen atoms in total. The summed E-state index contributed by atoms with van der Waals surface area (Å²) in [7, 11) is 1.82. The van der Waals surface area contributed by atoms with Crippen LogP contribution in [0, 0.1) is 0 Å². The fourth-order valence-corrected chi connectivity index (χ4v) is 3.40. The van der Waals surface area contributed by atoms with Crippen LogP contribution in [0.25, 0.3) is 0 Å². The molecule has 2 aromatic heterocycles. The molecule has 3 aromatic rings. The largest absolute Gasteiger partial charge is 0.486 e. The molecule has 1 aromatic carbocycles. The third-order valence-corrected chi connectivity index (χ3v) is 5.11. The molecular weight excluding hydrogens is 412 g/mol. The summed E-state index contributed by atoms with van der Waals surface area (Å²) in [6.07, 6.45) is 2.79. The van der Waals surface area contributed by atoms with Crippen LogP contribution in [0.5, 0.6) is 17.2 Å². The van der Waals surface area contributed by atoms with E-state index in [1.54, 1.807) is 29.1 Å². The van der Waals surface area contributed by atoms with Crippen LogP contribution >= 0.6 is 11.8 Å². The molecule has 1 aliphatic heterocycles. The number of aryl methyl sites for hydroxylation is 1. The van der Waals surface area contributed by atoms with Crippen molar-refractivity contribution < 1.29 is 23.4 Å². The lowest BCUT2D eigenvalue weighted by Crippen LogP contribution is -2.22. The molecule has 156 valence electrons. The van der Waals surface area contributed by atoms with Crippen LogP contribution in [0.3, 0.4) is 0 Å². The Morgan fingerprint density at radius 2 is 2.10 bits per heavy atom. The van der Waals surface area contributed by atoms with Gasteiger partial charge < -0.3 is 28.5 Å². The molecule has 0 saturated carbocycles. The minimum atomic E-state index is -0.423. The van der Waals surface area contributed by atoms with Crippen LogP contribution < -0.4 is 25.0 Å². The number of rotatable bonds is 7. The maximum atomic E-state index is 12.2. The number of thioether (sulfide) groups is 1. The van der Waals surface area contributed by atoms with Crippen molar-refractivity contribution in [2.45, 2.75) is 10.9 Å². The highest BCUT2D eigenvalue weighted by Crippen LogP contribution is 2.32. The number of nitrogens with zero attached hydrogens (tertiary/aromatic N) is 3. The topological polar surface area (TPSA) is 118 Å². The van der Waals surface area contributed by atoms with Gasteiger partial charge in [0.1, 0.15) is 31.6 Å². The minimum absolute atomic E-state index is 0.0419. The summed E-state index contributed by atoms with van der Waals surface area (Å²) in [5, 5.41) is 11.1. The monoisotopic (exact) mass is 430 g/mol. The number of fused-ring (bicyclic) bond motifs is 1. The Balaban J connectivity index is 1.30. The predicted octanol–water partition coefficient (Wildman–Crippen LogP) is 1.85. The predicted molar refractivity (Wildman–Crippen MR) is 107 cm³/mol. The highest BCUT2D eigenvalue weighted by atomic mass is 32.2. The molecule has 11 heteroatoms. The summed E-state index contributed by atoms with van der Waals surface area (Å²) >= 11 is 1.38. The van der Waals surface area contributed by atoms with Gasteiger partial charge in [0, 0.05) is 24.9 Å². The van der Waals surface area contributed by atoms with Crippen molar-refractivity contribution in [3.05, 3.63) is 52.8 Å². The Morgan fingerprint density at radius 1 is 1.27 bits per heavy atom. The lowest BCUT2D eigenvalue weighted by Gasteiger charge is -2.19. The summed E-state index contributed by atoms with van der Waals surface area (Å²) in [5.41, 5.74) is 0.165. The van der Waals surface area contributed by atoms with E-state index in [1.807, 2.05) is 7.05 Å². The molecule has 0 spiro atoms. The van der Waals surface area contributed by atoms with E-state index in [2.05, 4.69) is 15.5 Å². The first kappa shape index (κ1) is 19.8. The molecule has 0 atom stereocenters. The van der Waals surface area contributed by atoms with E-state index in [0.29, 0.717) is 47.1 Å². The third-order valence-electron chi connectivity index (χ3n) is 4.05. The number of aromatic nitrogens is 3. The molecule has 1 aliphatic rings. The molecule has 0 unspecified atom stereocenters. The first-order chi connectivity index (χ1) is 14.6. The maximum absolute atomic E-state index is 12.2. The Morgan fingerprint density at radius 3 is 2.87 bits per heavy atom. The fourth-order valence-electron chi connectivity index (χ4n) is 2.62. The van der Waals surface area contributed by atoms with Gasteiger partial charge in [0.25, 0.3) is 5.91 Å². The van der Waals surface area contributed by atoms with Crippen LogP contribution in [0.1, 0.15) is 5.76 Å². The van der Waals surface area contributed by atoms with Gasteiger partial charge in [-0.3, -0.25) is 9.59 Å². The molecule has 4 rings (SSSR count). The number of nitrogens with one attached hydrogen (secondary N) is 1. The number of anilines is 1. The van der Waals surface area contributed by atoms with Gasteiger partial charge in [-0.1, -0.05) is 11.8 Å². The highest BCUT2D eigenvalue weighted by molar-refractivity contribution is 7.98. The van der Waals surface area contributed by atoms with Gasteiger partial charge in [-0.25, -0.2) is 0 Å². The summed E-state index contributed by atoms with van der Waals surface area (Å²) in [4.78, 5) is 24.3. The number of ether oxygens (including phenoxy) is 3. The van der Waals surface area contributed by atoms with Gasteiger partial charge in [0.2, 0.25) is 11.2 Å². The van der Waals surface area contributed by atoms with E-state index in [1.165, 1.54) is 24.1 Å². The lowest BCUT2D eigenvalue weighted by molar-refractivity contribution is -0.118. The van der Waals surface area contributed by atoms with Crippen molar-refractivity contribution in [1.82, 2.24) is 14.8 Å². The molecule has 0 radical (unpaired) electrons. The normalized spacial score (nSPS) is 12.4. The number of carbonyl (C=O) groups excluding carboxylic acids is 1. The summed E-state index contributed by atoms with van der Waals surface area (Å²) in [6, 6.07) is 6.42. The Bertz CT molecular complexity index is 1110. The number of hydrogen-bond donors (Lipinski definition) is 1. The van der Waals surface area contributed by atoms with Gasteiger partial charge in [-0.15, -0.1) is 10.2 Å². The molecule has 0 aliphatic carbocycles. The van der Waals surface area contributed by atoms with Gasteiger partial charge in [0.05, 0.1) is 5.75 Å². The molecule has 0 bridgehead atoms. The van der Waals surface area contributed by atoms with Crippen LogP contribution in [0.2, 0.25) is 0 Å². The quantitative estimate of drug-likeness (QED) is 0.560. The first-order valence-corrected chi connectivity index (χ1v) is 9.98. The average Bonchev–Trinajstić information content (AvgIpc) is 3.16. The third kappa shape index (κ3) is 4.74. The number of carbonyl (C=O) groups is 1. The summed E-state index contributed by atoms with van der Waals surface area (Å²) in [6.45, 7) is 0.607. The molecule has 30 heavy (non-hydrogen) atoms. The second-order valence-electron chi connectivity index (χ2n) is 6.28. The van der Waals surface area contributed by atoms with Crippen molar-refractivity contribution in [3.63, 3.8) is 0 Å². The zero-order chi connectivity index (χ0) is 20.9. The standard InChI is InChI=1S/C19H18N4O6S/c1-23-11-20-22-19(23)30-10-13-7-14(24)17(8-28-13)29-9-18(25)21-12-2-3-15-16(6-12)27-5-4-26-15/h2-3,6-8,11H,4-5,9-10H2,1H3,(H,21,25). The highest BCUT2D eigenvalue weighted by Gasteiger charge is 2.14. The number of amides is 1. The number of hydrogen-bond acceptors (Lipinski definition) is 9. The van der Waals surface area contributed by atoms with Gasteiger partial charge >= 0.3 is 0 Å². The lowest BCUT2D eigenvalue weighted by atomic mass is 10.2. The van der Waals surface area contributed by atoms with Crippen molar-refractivity contribution >= 4 is 23.4 Å². The van der Waals surface area contributed by atoms with Crippen LogP contribution in [-0.4, -0.2) is 40.5 Å². The molecule has 1 amide bonds. The Hall–Kier alpha value is -3.47. The van der Waals surface area contributed by atoms with Gasteiger partial charge in [-0.2, -0.15) is 0 Å². The van der Waals surface area contributed by atoms with E-state index >= 15 is 0 Å². The van der Waals surface area contributed by atoms with E-state index in [0.717, 1.165) is 0 Å². The maximum Gasteiger partial charge on any atom is 0.262 e. The fraction of sp³-hybridized carbons (Fsp3) is 0.263. The molecular formula is C19H18N4O6S. The second-order valence-corrected chi connectivity index (χ2v) is 7.23. The first-order valence-electron chi connectivity index (χ1n) is 8.99. The molecule has 0 saturated heterocycles. The van der Waals surface area contributed by atoms with Crippen LogP contribution in [0.15, 0.2) is 51.2 Å². The molecule has 1 N–H and O–H groups in total. The van der Waals surface area contributed by atoms with Crippen molar-refractivity contribution in [1.29, 1.82) is 0 Å². The van der Waals surface area contributed by atoms with E-state index in [-0.39, 0.29) is 17.8 Å². The average molecular weight is 430 g/mol. The van der Waals surface area contributed by atoms with E-state index in [4.69, 9.17) is 18.6 Å². The Kier molecular flexibility index (Phi) is 5.89. The SMILES string of the molecule is Cn1cnnc1SCc1cc(=O)c(OCC(=O)Nc2ccc3c(c2)OCCO3)co1. The summed E-state index contributed by atoms with van der Waals surface area (Å²) < 4.78 is 23.4. The van der Waals surface area contributed by atoms with E-state index in [9.17, 15) is 9.59 Å². The van der Waals surface area contributed by atoms with Crippen LogP contribution in [-0.2, 0) is 17.6 Å². The van der Waals surface area contributed by atoms with E-state index < -0.39 is 5.91 Å². The van der Waals surface area contributed by atoms with Crippen molar-refractivity contribution in [3.8, 4) is 17.2 Å². The molecule has 0 fully saturated rings. The number of benzene rings is 1. The second kappa shape index (κ2) is 8.91. The Labute approximate surface area is 175 Å². The zero-order valence-corrected chi connectivity index (χ0v) is 16.8. The summed E-state index contributed by atoms with van der Waals surface area (Å²) in [5.74, 6) is 1.60.